The minimum Gasteiger partial charge on any atom is -0.495 e. The molecule has 0 amide bonds. The molecule has 0 aliphatic carbocycles. The van der Waals surface area contributed by atoms with Crippen LogP contribution in [-0.4, -0.2) is 13.4 Å². The molecule has 0 spiro atoms. The Bertz CT molecular complexity index is 542. The molecule has 0 saturated carbocycles. The van der Waals surface area contributed by atoms with Crippen molar-refractivity contribution in [2.45, 2.75) is 4.90 Å². The van der Waals surface area contributed by atoms with Gasteiger partial charge in [-0.2, -0.15) is 0 Å². The number of ether oxygens (including phenoxy) is 1. The van der Waals surface area contributed by atoms with Crippen LogP contribution in [0, 0.1) is 11.8 Å². The van der Waals surface area contributed by atoms with E-state index in [-0.39, 0.29) is 0 Å². The van der Waals surface area contributed by atoms with Gasteiger partial charge >= 0.3 is 0 Å². The summed E-state index contributed by atoms with van der Waals surface area (Å²) < 4.78 is 5.28. The molecule has 0 unspecified atom stereocenters. The van der Waals surface area contributed by atoms with Crippen LogP contribution in [0.2, 0.25) is 0 Å². The molecule has 2 heteroatoms. The first-order valence-electron chi connectivity index (χ1n) is 5.63. The molecule has 0 aliphatic rings. The van der Waals surface area contributed by atoms with Crippen LogP contribution >= 0.6 is 11.8 Å². The van der Waals surface area contributed by atoms with Gasteiger partial charge in [0.25, 0.3) is 0 Å². The fourth-order valence-corrected chi connectivity index (χ4v) is 2.18. The van der Waals surface area contributed by atoms with Crippen molar-refractivity contribution in [1.29, 1.82) is 0 Å². The lowest BCUT2D eigenvalue weighted by Crippen LogP contribution is -1.87. The maximum Gasteiger partial charge on any atom is 0.134 e. The van der Waals surface area contributed by atoms with Crippen LogP contribution in [0.25, 0.3) is 0 Å². The quantitative estimate of drug-likeness (QED) is 0.595. The summed E-state index contributed by atoms with van der Waals surface area (Å²) >= 11 is 1.71. The van der Waals surface area contributed by atoms with Crippen molar-refractivity contribution < 1.29 is 4.74 Å². The number of benzene rings is 2. The van der Waals surface area contributed by atoms with E-state index >= 15 is 0 Å². The van der Waals surface area contributed by atoms with Gasteiger partial charge in [0.15, 0.2) is 0 Å². The summed E-state index contributed by atoms with van der Waals surface area (Å²) in [6.45, 7) is 0. The molecule has 0 bridgehead atoms. The third kappa shape index (κ3) is 2.88. The van der Waals surface area contributed by atoms with Gasteiger partial charge in [-0.1, -0.05) is 36.1 Å². The van der Waals surface area contributed by atoms with Gasteiger partial charge in [-0.25, -0.2) is 0 Å². The third-order valence-corrected chi connectivity index (χ3v) is 3.34. The summed E-state index contributed by atoms with van der Waals surface area (Å²) in [6.07, 6.45) is 2.06. The van der Waals surface area contributed by atoms with Gasteiger partial charge in [-0.05, 0) is 30.5 Å². The highest BCUT2D eigenvalue weighted by molar-refractivity contribution is 7.98. The summed E-state index contributed by atoms with van der Waals surface area (Å²) in [5.41, 5.74) is 1.96. The van der Waals surface area contributed by atoms with Crippen molar-refractivity contribution in [3.8, 4) is 17.6 Å². The largest absolute Gasteiger partial charge is 0.495 e. The smallest absolute Gasteiger partial charge is 0.134 e. The average molecular weight is 254 g/mol. The molecule has 0 N–H and O–H groups in total. The Labute approximate surface area is 112 Å². The first kappa shape index (κ1) is 12.6. The van der Waals surface area contributed by atoms with Crippen LogP contribution in [0.5, 0.6) is 5.75 Å². The zero-order valence-electron chi connectivity index (χ0n) is 10.4. The summed E-state index contributed by atoms with van der Waals surface area (Å²) in [5.74, 6) is 7.18. The Morgan fingerprint density at radius 2 is 1.50 bits per heavy atom. The van der Waals surface area contributed by atoms with E-state index in [4.69, 9.17) is 4.74 Å². The second kappa shape index (κ2) is 6.18. The molecule has 0 aromatic heterocycles. The average Bonchev–Trinajstić information content (AvgIpc) is 2.45. The molecule has 1 nitrogen and oxygen atoms in total. The van der Waals surface area contributed by atoms with Crippen LogP contribution in [0.15, 0.2) is 53.4 Å². The van der Waals surface area contributed by atoms with Gasteiger partial charge < -0.3 is 4.74 Å². The number of thioether (sulfide) groups is 1. The second-order valence-electron chi connectivity index (χ2n) is 3.65. The summed E-state index contributed by atoms with van der Waals surface area (Å²) in [4.78, 5) is 1.19. The molecule has 18 heavy (non-hydrogen) atoms. The minimum atomic E-state index is 0.812. The first-order valence-corrected chi connectivity index (χ1v) is 6.85. The van der Waals surface area contributed by atoms with Gasteiger partial charge in [0.2, 0.25) is 0 Å². The van der Waals surface area contributed by atoms with Crippen LogP contribution in [-0.2, 0) is 0 Å². The number of para-hydroxylation sites is 1. The normalized spacial score (nSPS) is 9.44. The Kier molecular flexibility index (Phi) is 4.33. The van der Waals surface area contributed by atoms with E-state index in [0.717, 1.165) is 16.9 Å². The van der Waals surface area contributed by atoms with Crippen LogP contribution in [0.4, 0.5) is 0 Å². The molecular weight excluding hydrogens is 240 g/mol. The maximum absolute atomic E-state index is 5.28. The van der Waals surface area contributed by atoms with Gasteiger partial charge in [-0.15, -0.1) is 11.8 Å². The van der Waals surface area contributed by atoms with Crippen molar-refractivity contribution in [3.63, 3.8) is 0 Å². The number of hydrogen-bond acceptors (Lipinski definition) is 2. The maximum atomic E-state index is 5.28. The standard InChI is InChI=1S/C16H14OS/c1-17-15-9-5-3-7-13(15)11-12-14-8-4-6-10-16(14)18-2/h3-10H,1-2H3. The molecule has 0 saturated heterocycles. The Morgan fingerprint density at radius 1 is 0.889 bits per heavy atom. The topological polar surface area (TPSA) is 9.23 Å². The third-order valence-electron chi connectivity index (χ3n) is 2.55. The highest BCUT2D eigenvalue weighted by atomic mass is 32.2. The van der Waals surface area contributed by atoms with Gasteiger partial charge in [0.1, 0.15) is 5.75 Å². The van der Waals surface area contributed by atoms with Crippen LogP contribution < -0.4 is 4.74 Å². The predicted octanol–water partition coefficient (Wildman–Crippen LogP) is 3.82. The van der Waals surface area contributed by atoms with E-state index in [1.165, 1.54) is 4.90 Å². The van der Waals surface area contributed by atoms with Crippen LogP contribution in [0.1, 0.15) is 11.1 Å². The zero-order chi connectivity index (χ0) is 12.8. The fraction of sp³-hybridized carbons (Fsp3) is 0.125. The molecular formula is C16H14OS. The van der Waals surface area contributed by atoms with Crippen molar-refractivity contribution >= 4 is 11.8 Å². The zero-order valence-corrected chi connectivity index (χ0v) is 11.3. The molecule has 0 fully saturated rings. The van der Waals surface area contributed by atoms with E-state index in [1.807, 2.05) is 42.5 Å². The number of methoxy groups -OCH3 is 1. The monoisotopic (exact) mass is 254 g/mol. The Morgan fingerprint density at radius 3 is 2.22 bits per heavy atom. The molecule has 0 aliphatic heterocycles. The predicted molar refractivity (Wildman–Crippen MR) is 77.2 cm³/mol. The second-order valence-corrected chi connectivity index (χ2v) is 4.50. The van der Waals surface area contributed by atoms with Gasteiger partial charge in [0.05, 0.1) is 12.7 Å². The highest BCUT2D eigenvalue weighted by Crippen LogP contribution is 2.20. The molecule has 0 radical (unpaired) electrons. The van der Waals surface area contributed by atoms with Crippen molar-refractivity contribution in [1.82, 2.24) is 0 Å². The van der Waals surface area contributed by atoms with Crippen molar-refractivity contribution in [2.24, 2.45) is 0 Å². The van der Waals surface area contributed by atoms with E-state index < -0.39 is 0 Å². The highest BCUT2D eigenvalue weighted by Gasteiger charge is 1.98. The lowest BCUT2D eigenvalue weighted by Gasteiger charge is -2.02. The summed E-state index contributed by atoms with van der Waals surface area (Å²) in [5, 5.41) is 0. The lowest BCUT2D eigenvalue weighted by atomic mass is 10.1. The molecule has 2 aromatic rings. The van der Waals surface area contributed by atoms with Gasteiger partial charge in [-0.3, -0.25) is 0 Å². The number of rotatable bonds is 2. The van der Waals surface area contributed by atoms with E-state index in [9.17, 15) is 0 Å². The number of hydrogen-bond donors (Lipinski definition) is 0. The Balaban J connectivity index is 2.37. The van der Waals surface area contributed by atoms with Gasteiger partial charge in [0, 0.05) is 10.5 Å². The van der Waals surface area contributed by atoms with E-state index in [0.29, 0.717) is 0 Å². The molecule has 90 valence electrons. The van der Waals surface area contributed by atoms with Crippen LogP contribution in [0.3, 0.4) is 0 Å². The first-order chi connectivity index (χ1) is 8.85. The minimum absolute atomic E-state index is 0.812. The molecule has 2 rings (SSSR count). The summed E-state index contributed by atoms with van der Waals surface area (Å²) in [6, 6.07) is 15.9. The summed E-state index contributed by atoms with van der Waals surface area (Å²) in [7, 11) is 1.66. The molecule has 0 atom stereocenters. The Hall–Kier alpha value is -1.85. The van der Waals surface area contributed by atoms with Crippen molar-refractivity contribution in [2.75, 3.05) is 13.4 Å². The molecule has 2 aromatic carbocycles. The molecule has 0 heterocycles. The van der Waals surface area contributed by atoms with Crippen molar-refractivity contribution in [3.05, 3.63) is 59.7 Å². The van der Waals surface area contributed by atoms with E-state index in [1.54, 1.807) is 18.9 Å². The lowest BCUT2D eigenvalue weighted by molar-refractivity contribution is 0.413. The SMILES string of the molecule is COc1ccccc1C#Cc1ccccc1SC. The fourth-order valence-electron chi connectivity index (χ4n) is 1.63. The van der Waals surface area contributed by atoms with E-state index in [2.05, 4.69) is 24.2 Å².